The molecular formula is C15H29NO2. The molecule has 0 aliphatic heterocycles. The first-order valence-electron chi connectivity index (χ1n) is 7.16. The Morgan fingerprint density at radius 2 is 1.83 bits per heavy atom. The highest BCUT2D eigenvalue weighted by molar-refractivity contribution is 5.72. The normalized spacial score (nSPS) is 26.7. The van der Waals surface area contributed by atoms with E-state index in [0.717, 1.165) is 12.3 Å². The van der Waals surface area contributed by atoms with Crippen molar-refractivity contribution in [2.75, 3.05) is 13.7 Å². The summed E-state index contributed by atoms with van der Waals surface area (Å²) >= 11 is 0. The van der Waals surface area contributed by atoms with Gasteiger partial charge in [-0.15, -0.1) is 0 Å². The molecule has 106 valence electrons. The molecule has 0 aromatic carbocycles. The Labute approximate surface area is 111 Å². The minimum atomic E-state index is -0.143. The van der Waals surface area contributed by atoms with Gasteiger partial charge in [0.1, 0.15) is 0 Å². The molecule has 3 heteroatoms. The van der Waals surface area contributed by atoms with Crippen LogP contribution in [0, 0.1) is 23.2 Å². The lowest BCUT2D eigenvalue weighted by Gasteiger charge is -2.37. The summed E-state index contributed by atoms with van der Waals surface area (Å²) in [6.07, 6.45) is 5.93. The Morgan fingerprint density at radius 3 is 2.22 bits per heavy atom. The van der Waals surface area contributed by atoms with Gasteiger partial charge in [-0.2, -0.15) is 0 Å². The number of esters is 1. The third-order valence-electron chi connectivity index (χ3n) is 4.51. The molecule has 0 aromatic rings. The van der Waals surface area contributed by atoms with Crippen molar-refractivity contribution < 1.29 is 9.53 Å². The molecule has 3 nitrogen and oxygen atoms in total. The van der Waals surface area contributed by atoms with Crippen LogP contribution >= 0.6 is 0 Å². The molecule has 0 radical (unpaired) electrons. The lowest BCUT2D eigenvalue weighted by atomic mass is 9.68. The zero-order valence-corrected chi connectivity index (χ0v) is 12.4. The van der Waals surface area contributed by atoms with Crippen LogP contribution in [0.2, 0.25) is 0 Å². The topological polar surface area (TPSA) is 52.3 Å². The highest BCUT2D eigenvalue weighted by Crippen LogP contribution is 2.41. The number of carbonyl (C=O) groups excluding carboxylic acids is 1. The summed E-state index contributed by atoms with van der Waals surface area (Å²) < 4.78 is 4.80. The van der Waals surface area contributed by atoms with Crippen molar-refractivity contribution in [1.82, 2.24) is 0 Å². The summed E-state index contributed by atoms with van der Waals surface area (Å²) in [5, 5.41) is 0. The predicted octanol–water partition coefficient (Wildman–Crippen LogP) is 2.98. The highest BCUT2D eigenvalue weighted by atomic mass is 16.5. The maximum atomic E-state index is 11.5. The Kier molecular flexibility index (Phi) is 5.64. The molecule has 0 saturated heterocycles. The van der Waals surface area contributed by atoms with Crippen LogP contribution in [0.15, 0.2) is 0 Å². The SMILES string of the molecule is COC(=O)C(CN)CC1CCC(C(C)(C)C)CC1. The van der Waals surface area contributed by atoms with E-state index < -0.39 is 0 Å². The van der Waals surface area contributed by atoms with Crippen LogP contribution in [0.4, 0.5) is 0 Å². The number of methoxy groups -OCH3 is 1. The fourth-order valence-electron chi connectivity index (χ4n) is 3.12. The van der Waals surface area contributed by atoms with Crippen LogP contribution < -0.4 is 5.73 Å². The van der Waals surface area contributed by atoms with Crippen LogP contribution in [-0.4, -0.2) is 19.6 Å². The average molecular weight is 255 g/mol. The maximum absolute atomic E-state index is 11.5. The van der Waals surface area contributed by atoms with Crippen molar-refractivity contribution in [3.8, 4) is 0 Å². The molecule has 0 amide bonds. The van der Waals surface area contributed by atoms with Gasteiger partial charge in [-0.25, -0.2) is 0 Å². The number of rotatable bonds is 4. The summed E-state index contributed by atoms with van der Waals surface area (Å²) in [5.41, 5.74) is 6.08. The number of carbonyl (C=O) groups is 1. The van der Waals surface area contributed by atoms with E-state index >= 15 is 0 Å². The van der Waals surface area contributed by atoms with E-state index in [2.05, 4.69) is 20.8 Å². The lowest BCUT2D eigenvalue weighted by Crippen LogP contribution is -2.30. The van der Waals surface area contributed by atoms with Gasteiger partial charge in [0, 0.05) is 6.54 Å². The van der Waals surface area contributed by atoms with Crippen molar-refractivity contribution in [3.05, 3.63) is 0 Å². The van der Waals surface area contributed by atoms with E-state index in [1.807, 2.05) is 0 Å². The maximum Gasteiger partial charge on any atom is 0.309 e. The van der Waals surface area contributed by atoms with Crippen molar-refractivity contribution in [1.29, 1.82) is 0 Å². The number of ether oxygens (including phenoxy) is 1. The Balaban J connectivity index is 2.41. The number of nitrogens with two attached hydrogens (primary N) is 1. The summed E-state index contributed by atoms with van der Waals surface area (Å²) in [6, 6.07) is 0. The van der Waals surface area contributed by atoms with Crippen molar-refractivity contribution in [2.45, 2.75) is 52.9 Å². The van der Waals surface area contributed by atoms with E-state index in [9.17, 15) is 4.79 Å². The lowest BCUT2D eigenvalue weighted by molar-refractivity contribution is -0.145. The summed E-state index contributed by atoms with van der Waals surface area (Å²) in [5.74, 6) is 1.22. The first-order chi connectivity index (χ1) is 8.38. The third kappa shape index (κ3) is 4.27. The molecule has 0 bridgehead atoms. The number of hydrogen-bond donors (Lipinski definition) is 1. The molecule has 1 unspecified atom stereocenters. The third-order valence-corrected chi connectivity index (χ3v) is 4.51. The van der Waals surface area contributed by atoms with Crippen LogP contribution in [0.1, 0.15) is 52.9 Å². The average Bonchev–Trinajstić information content (AvgIpc) is 2.34. The zero-order chi connectivity index (χ0) is 13.8. The zero-order valence-electron chi connectivity index (χ0n) is 12.4. The van der Waals surface area contributed by atoms with E-state index in [4.69, 9.17) is 10.5 Å². The van der Waals surface area contributed by atoms with Gasteiger partial charge in [-0.1, -0.05) is 33.6 Å². The summed E-state index contributed by atoms with van der Waals surface area (Å²) in [4.78, 5) is 11.5. The van der Waals surface area contributed by atoms with Crippen LogP contribution in [0.25, 0.3) is 0 Å². The molecule has 0 aromatic heterocycles. The van der Waals surface area contributed by atoms with Gasteiger partial charge in [-0.3, -0.25) is 4.79 Å². The van der Waals surface area contributed by atoms with Gasteiger partial charge in [0.2, 0.25) is 0 Å². The van der Waals surface area contributed by atoms with Gasteiger partial charge in [0.25, 0.3) is 0 Å². The fourth-order valence-corrected chi connectivity index (χ4v) is 3.12. The minimum absolute atomic E-state index is 0.105. The molecule has 2 N–H and O–H groups in total. The van der Waals surface area contributed by atoms with Crippen LogP contribution in [-0.2, 0) is 9.53 Å². The van der Waals surface area contributed by atoms with E-state index in [1.54, 1.807) is 0 Å². The number of hydrogen-bond acceptors (Lipinski definition) is 3. The molecule has 1 fully saturated rings. The predicted molar refractivity (Wildman–Crippen MR) is 74.1 cm³/mol. The largest absolute Gasteiger partial charge is 0.469 e. The first-order valence-corrected chi connectivity index (χ1v) is 7.16. The quantitative estimate of drug-likeness (QED) is 0.786. The van der Waals surface area contributed by atoms with Gasteiger partial charge >= 0.3 is 5.97 Å². The van der Waals surface area contributed by atoms with Gasteiger partial charge < -0.3 is 10.5 Å². The highest BCUT2D eigenvalue weighted by Gasteiger charge is 2.31. The minimum Gasteiger partial charge on any atom is -0.469 e. The molecular weight excluding hydrogens is 226 g/mol. The summed E-state index contributed by atoms with van der Waals surface area (Å²) in [7, 11) is 1.45. The van der Waals surface area contributed by atoms with Gasteiger partial charge in [0.15, 0.2) is 0 Å². The molecule has 1 aliphatic rings. The van der Waals surface area contributed by atoms with Gasteiger partial charge in [0.05, 0.1) is 13.0 Å². The molecule has 18 heavy (non-hydrogen) atoms. The Morgan fingerprint density at radius 1 is 1.28 bits per heavy atom. The second-order valence-electron chi connectivity index (χ2n) is 6.78. The van der Waals surface area contributed by atoms with Crippen molar-refractivity contribution in [3.63, 3.8) is 0 Å². The van der Waals surface area contributed by atoms with E-state index in [1.165, 1.54) is 32.8 Å². The van der Waals surface area contributed by atoms with Gasteiger partial charge in [-0.05, 0) is 36.5 Å². The van der Waals surface area contributed by atoms with E-state index in [0.29, 0.717) is 17.9 Å². The Hall–Kier alpha value is -0.570. The molecule has 1 rings (SSSR count). The second-order valence-corrected chi connectivity index (χ2v) is 6.78. The monoisotopic (exact) mass is 255 g/mol. The van der Waals surface area contributed by atoms with Crippen LogP contribution in [0.5, 0.6) is 0 Å². The standard InChI is InChI=1S/C15H29NO2/c1-15(2,3)13-7-5-11(6-8-13)9-12(10-16)14(17)18-4/h11-13H,5-10,16H2,1-4H3. The van der Waals surface area contributed by atoms with Crippen LogP contribution in [0.3, 0.4) is 0 Å². The second kappa shape index (κ2) is 6.55. The van der Waals surface area contributed by atoms with Crippen molar-refractivity contribution in [2.24, 2.45) is 28.9 Å². The summed E-state index contributed by atoms with van der Waals surface area (Å²) in [6.45, 7) is 7.39. The van der Waals surface area contributed by atoms with Crippen molar-refractivity contribution >= 4 is 5.97 Å². The first kappa shape index (κ1) is 15.5. The fraction of sp³-hybridized carbons (Fsp3) is 0.933. The Bertz CT molecular complexity index is 262. The molecule has 1 saturated carbocycles. The molecule has 0 spiro atoms. The molecule has 1 aliphatic carbocycles. The molecule has 1 atom stereocenters. The smallest absolute Gasteiger partial charge is 0.309 e. The molecule has 0 heterocycles. The van der Waals surface area contributed by atoms with E-state index in [-0.39, 0.29) is 11.9 Å².